The number of hydrogen-bond donors (Lipinski definition) is 1. The molecule has 1 N–H and O–H groups in total. The highest BCUT2D eigenvalue weighted by Crippen LogP contribution is 2.37. The zero-order valence-corrected chi connectivity index (χ0v) is 13.7. The third-order valence-corrected chi connectivity index (χ3v) is 4.61. The molecule has 1 heterocycles. The lowest BCUT2D eigenvalue weighted by molar-refractivity contribution is -0.143. The number of carboxylic acids is 1. The van der Waals surface area contributed by atoms with E-state index in [-0.39, 0.29) is 0 Å². The number of rotatable bonds is 4. The minimum absolute atomic E-state index is 0.290. The molecule has 0 spiro atoms. The number of benzene rings is 2. The van der Waals surface area contributed by atoms with Crippen LogP contribution in [0.4, 0.5) is 17.6 Å². The molecule has 7 heteroatoms. The first-order valence-corrected chi connectivity index (χ1v) is 8.18. The van der Waals surface area contributed by atoms with Crippen LogP contribution in [0.5, 0.6) is 0 Å². The first-order chi connectivity index (χ1) is 12.3. The zero-order chi connectivity index (χ0) is 18.9. The lowest BCUT2D eigenvalue weighted by atomic mass is 9.94. The van der Waals surface area contributed by atoms with Gasteiger partial charge in [0, 0.05) is 6.54 Å². The molecule has 0 aliphatic carbocycles. The second kappa shape index (κ2) is 7.07. The van der Waals surface area contributed by atoms with Crippen molar-refractivity contribution in [2.75, 3.05) is 6.54 Å². The smallest absolute Gasteiger partial charge is 0.416 e. The van der Waals surface area contributed by atoms with Gasteiger partial charge in [0.2, 0.25) is 0 Å². The molecule has 2 aromatic rings. The van der Waals surface area contributed by atoms with Crippen molar-refractivity contribution in [2.45, 2.75) is 31.1 Å². The summed E-state index contributed by atoms with van der Waals surface area (Å²) in [6.45, 7) is 0.411. The van der Waals surface area contributed by atoms with Gasteiger partial charge in [-0.05, 0) is 48.2 Å². The van der Waals surface area contributed by atoms with E-state index in [1.165, 1.54) is 30.3 Å². The summed E-state index contributed by atoms with van der Waals surface area (Å²) in [7, 11) is 0. The van der Waals surface area contributed by atoms with Gasteiger partial charge in [0.1, 0.15) is 11.9 Å². The highest BCUT2D eigenvalue weighted by Gasteiger charge is 2.38. The first-order valence-electron chi connectivity index (χ1n) is 8.18. The molecule has 0 amide bonds. The van der Waals surface area contributed by atoms with Crippen LogP contribution in [0.15, 0.2) is 48.5 Å². The Labute approximate surface area is 147 Å². The fourth-order valence-corrected chi connectivity index (χ4v) is 3.50. The van der Waals surface area contributed by atoms with Crippen molar-refractivity contribution in [3.05, 3.63) is 71.0 Å². The van der Waals surface area contributed by atoms with Gasteiger partial charge in [0.25, 0.3) is 0 Å². The van der Waals surface area contributed by atoms with Crippen LogP contribution in [0, 0.1) is 5.82 Å². The minimum Gasteiger partial charge on any atom is -0.480 e. The van der Waals surface area contributed by atoms with Gasteiger partial charge >= 0.3 is 12.1 Å². The van der Waals surface area contributed by atoms with E-state index in [9.17, 15) is 27.5 Å². The predicted molar refractivity (Wildman–Crippen MR) is 87.1 cm³/mol. The van der Waals surface area contributed by atoms with E-state index in [2.05, 4.69) is 0 Å². The summed E-state index contributed by atoms with van der Waals surface area (Å²) in [6, 6.07) is 8.74. The Morgan fingerprint density at radius 1 is 1.12 bits per heavy atom. The third-order valence-electron chi connectivity index (χ3n) is 4.61. The Balaban J connectivity index is 2.11. The Hall–Kier alpha value is -2.41. The van der Waals surface area contributed by atoms with E-state index in [0.717, 1.165) is 12.1 Å². The van der Waals surface area contributed by atoms with Crippen LogP contribution in [-0.2, 0) is 11.0 Å². The highest BCUT2D eigenvalue weighted by molar-refractivity contribution is 5.74. The number of nitrogens with zero attached hydrogens (tertiary/aromatic N) is 1. The fraction of sp³-hybridized carbons (Fsp3) is 0.316. The van der Waals surface area contributed by atoms with E-state index >= 15 is 0 Å². The number of carbonyl (C=O) groups is 1. The zero-order valence-electron chi connectivity index (χ0n) is 13.7. The van der Waals surface area contributed by atoms with Crippen LogP contribution < -0.4 is 0 Å². The highest BCUT2D eigenvalue weighted by atomic mass is 19.4. The normalized spacial score (nSPS) is 19.5. The van der Waals surface area contributed by atoms with Crippen molar-refractivity contribution in [3.8, 4) is 0 Å². The van der Waals surface area contributed by atoms with Crippen molar-refractivity contribution in [1.82, 2.24) is 4.90 Å². The maximum absolute atomic E-state index is 13.7. The maximum atomic E-state index is 13.7. The monoisotopic (exact) mass is 367 g/mol. The van der Waals surface area contributed by atoms with Crippen LogP contribution in [0.2, 0.25) is 0 Å². The van der Waals surface area contributed by atoms with Crippen LogP contribution >= 0.6 is 0 Å². The molecule has 138 valence electrons. The summed E-state index contributed by atoms with van der Waals surface area (Å²) in [5.41, 5.74) is -0.0986. The summed E-state index contributed by atoms with van der Waals surface area (Å²) >= 11 is 0. The molecular formula is C19H17F4NO2. The minimum atomic E-state index is -4.51. The van der Waals surface area contributed by atoms with E-state index in [1.807, 2.05) is 0 Å². The Morgan fingerprint density at radius 2 is 1.77 bits per heavy atom. The summed E-state index contributed by atoms with van der Waals surface area (Å²) in [5.74, 6) is -1.55. The molecule has 3 nitrogen and oxygen atoms in total. The van der Waals surface area contributed by atoms with Gasteiger partial charge < -0.3 is 5.11 Å². The molecule has 26 heavy (non-hydrogen) atoms. The van der Waals surface area contributed by atoms with Crippen molar-refractivity contribution >= 4 is 5.97 Å². The van der Waals surface area contributed by atoms with Crippen LogP contribution in [-0.4, -0.2) is 28.6 Å². The largest absolute Gasteiger partial charge is 0.480 e. The SMILES string of the molecule is O=C(O)C1CCCN1C(c1cccc(F)c1)c1cccc(C(F)(F)F)c1. The molecule has 1 saturated heterocycles. The fourth-order valence-electron chi connectivity index (χ4n) is 3.50. The molecule has 1 aliphatic rings. The Kier molecular flexibility index (Phi) is 5.00. The van der Waals surface area contributed by atoms with Gasteiger partial charge in [0.15, 0.2) is 0 Å². The van der Waals surface area contributed by atoms with Crippen LogP contribution in [0.25, 0.3) is 0 Å². The maximum Gasteiger partial charge on any atom is 0.416 e. The lowest BCUT2D eigenvalue weighted by Crippen LogP contribution is -2.39. The third kappa shape index (κ3) is 3.72. The standard InChI is InChI=1S/C19H17F4NO2/c20-15-7-2-5-13(11-15)17(24-9-3-8-16(24)18(25)26)12-4-1-6-14(10-12)19(21,22)23/h1-2,4-7,10-11,16-17H,3,8-9H2,(H,25,26). The van der Waals surface area contributed by atoms with Gasteiger partial charge in [-0.25, -0.2) is 4.39 Å². The molecule has 2 aromatic carbocycles. The Morgan fingerprint density at radius 3 is 2.38 bits per heavy atom. The summed E-state index contributed by atoms with van der Waals surface area (Å²) < 4.78 is 53.1. The second-order valence-electron chi connectivity index (χ2n) is 6.31. The first kappa shape index (κ1) is 18.4. The van der Waals surface area contributed by atoms with Crippen LogP contribution in [0.1, 0.15) is 35.6 Å². The molecular weight excluding hydrogens is 350 g/mol. The van der Waals surface area contributed by atoms with Gasteiger partial charge in [-0.1, -0.05) is 24.3 Å². The molecule has 3 rings (SSSR count). The molecule has 2 unspecified atom stereocenters. The number of alkyl halides is 3. The van der Waals surface area contributed by atoms with E-state index < -0.39 is 35.6 Å². The van der Waals surface area contributed by atoms with Crippen LogP contribution in [0.3, 0.4) is 0 Å². The molecule has 0 aromatic heterocycles. The number of carboxylic acid groups (broad SMARTS) is 1. The van der Waals surface area contributed by atoms with Crippen molar-refractivity contribution in [2.24, 2.45) is 0 Å². The molecule has 0 radical (unpaired) electrons. The molecule has 2 atom stereocenters. The van der Waals surface area contributed by atoms with Gasteiger partial charge in [-0.3, -0.25) is 9.69 Å². The van der Waals surface area contributed by atoms with Gasteiger partial charge in [0.05, 0.1) is 11.6 Å². The van der Waals surface area contributed by atoms with Crippen molar-refractivity contribution in [1.29, 1.82) is 0 Å². The summed E-state index contributed by atoms with van der Waals surface area (Å²) in [6.07, 6.45) is -3.50. The molecule has 0 bridgehead atoms. The average Bonchev–Trinajstić information content (AvgIpc) is 3.04. The second-order valence-corrected chi connectivity index (χ2v) is 6.31. The predicted octanol–water partition coefficient (Wildman–Crippen LogP) is 4.48. The average molecular weight is 367 g/mol. The topological polar surface area (TPSA) is 40.5 Å². The summed E-state index contributed by atoms with van der Waals surface area (Å²) in [5, 5.41) is 9.47. The van der Waals surface area contributed by atoms with Crippen molar-refractivity contribution < 1.29 is 27.5 Å². The van der Waals surface area contributed by atoms with Gasteiger partial charge in [-0.2, -0.15) is 13.2 Å². The number of halogens is 4. The van der Waals surface area contributed by atoms with E-state index in [0.29, 0.717) is 30.5 Å². The number of likely N-dealkylation sites (tertiary alicyclic amines) is 1. The molecule has 1 fully saturated rings. The number of hydrogen-bond acceptors (Lipinski definition) is 2. The van der Waals surface area contributed by atoms with Gasteiger partial charge in [-0.15, -0.1) is 0 Å². The van der Waals surface area contributed by atoms with E-state index in [4.69, 9.17) is 0 Å². The Bertz CT molecular complexity index is 806. The number of aliphatic carboxylic acids is 1. The molecule has 0 saturated carbocycles. The van der Waals surface area contributed by atoms with Crippen molar-refractivity contribution in [3.63, 3.8) is 0 Å². The quantitative estimate of drug-likeness (QED) is 0.810. The molecule has 1 aliphatic heterocycles. The lowest BCUT2D eigenvalue weighted by Gasteiger charge is -2.32. The summed E-state index contributed by atoms with van der Waals surface area (Å²) in [4.78, 5) is 13.2. The van der Waals surface area contributed by atoms with E-state index in [1.54, 1.807) is 11.0 Å².